The standard InChI is InChI=1S/C33H36BrN5O3S/c1-6-16-43-33-37-32-35-22(5)29(31(40)36-26-13-8-10-20(3)21(26)4)30(39(32)38-33)24-14-15-27(28(18-24)41-7-2)42-19-23-11-9-12-25(34)17-23/h8-15,17-18,30H,6-7,16,19H2,1-5H3,(H,36,40)(H,35,37,38). The summed E-state index contributed by atoms with van der Waals surface area (Å²) in [4.78, 5) is 18.8. The number of amides is 1. The summed E-state index contributed by atoms with van der Waals surface area (Å²) < 4.78 is 15.1. The summed E-state index contributed by atoms with van der Waals surface area (Å²) >= 11 is 5.12. The SMILES string of the molecule is CCCSc1nc2n(n1)C(c1ccc(OCc3cccc(Br)c3)c(OCC)c1)C(C(=O)Nc1cccc(C)c1C)=C(C)N2. The van der Waals surface area contributed by atoms with Crippen LogP contribution in [0.5, 0.6) is 11.5 Å². The highest BCUT2D eigenvalue weighted by Gasteiger charge is 2.35. The Morgan fingerprint density at radius 2 is 1.86 bits per heavy atom. The average molecular weight is 663 g/mol. The third-order valence-corrected chi connectivity index (χ3v) is 8.77. The second kappa shape index (κ2) is 13.7. The topological polar surface area (TPSA) is 90.3 Å². The van der Waals surface area contributed by atoms with Gasteiger partial charge in [-0.15, -0.1) is 5.10 Å². The Bertz CT molecular complexity index is 1670. The van der Waals surface area contributed by atoms with E-state index in [0.29, 0.717) is 47.1 Å². The van der Waals surface area contributed by atoms with Gasteiger partial charge in [-0.05, 0) is 86.7 Å². The number of carbonyl (C=O) groups is 1. The van der Waals surface area contributed by atoms with Crippen molar-refractivity contribution in [1.29, 1.82) is 0 Å². The van der Waals surface area contributed by atoms with E-state index in [-0.39, 0.29) is 5.91 Å². The van der Waals surface area contributed by atoms with Crippen LogP contribution in [0.2, 0.25) is 0 Å². The fraction of sp³-hybridized carbons (Fsp3) is 0.303. The number of benzene rings is 3. The number of thioether (sulfide) groups is 1. The zero-order chi connectivity index (χ0) is 30.5. The first-order chi connectivity index (χ1) is 20.8. The van der Waals surface area contributed by atoms with E-state index in [2.05, 4.69) is 33.5 Å². The Hall–Kier alpha value is -3.76. The number of allylic oxidation sites excluding steroid dienone is 1. The Kier molecular flexibility index (Phi) is 9.77. The number of ether oxygens (including phenoxy) is 2. The molecular formula is C33H36BrN5O3S. The lowest BCUT2D eigenvalue weighted by Gasteiger charge is -2.29. The molecule has 224 valence electrons. The highest BCUT2D eigenvalue weighted by molar-refractivity contribution is 9.10. The summed E-state index contributed by atoms with van der Waals surface area (Å²) in [5, 5.41) is 12.0. The number of aromatic nitrogens is 3. The molecule has 1 aliphatic heterocycles. The Balaban J connectivity index is 1.54. The maximum absolute atomic E-state index is 14.0. The van der Waals surface area contributed by atoms with Crippen LogP contribution in [0.15, 0.2) is 81.6 Å². The molecule has 3 aromatic carbocycles. The van der Waals surface area contributed by atoms with Crippen molar-refractivity contribution >= 4 is 45.2 Å². The van der Waals surface area contributed by atoms with Gasteiger partial charge in [0.25, 0.3) is 5.91 Å². The number of nitrogens with one attached hydrogen (secondary N) is 2. The summed E-state index contributed by atoms with van der Waals surface area (Å²) in [6.45, 7) is 10.9. The van der Waals surface area contributed by atoms with Gasteiger partial charge in [0.05, 0.1) is 12.2 Å². The van der Waals surface area contributed by atoms with E-state index in [1.807, 2.05) is 88.4 Å². The predicted octanol–water partition coefficient (Wildman–Crippen LogP) is 8.06. The number of aryl methyl sites for hydroxylation is 1. The molecule has 43 heavy (non-hydrogen) atoms. The summed E-state index contributed by atoms with van der Waals surface area (Å²) in [7, 11) is 0. The van der Waals surface area contributed by atoms with Crippen LogP contribution in [0.3, 0.4) is 0 Å². The first-order valence-corrected chi connectivity index (χ1v) is 16.2. The van der Waals surface area contributed by atoms with Crippen molar-refractivity contribution in [2.24, 2.45) is 0 Å². The normalized spacial score (nSPS) is 14.2. The van der Waals surface area contributed by atoms with E-state index in [9.17, 15) is 4.79 Å². The summed E-state index contributed by atoms with van der Waals surface area (Å²) in [6.07, 6.45) is 1.01. The summed E-state index contributed by atoms with van der Waals surface area (Å²) in [5.74, 6) is 2.51. The summed E-state index contributed by atoms with van der Waals surface area (Å²) in [6, 6.07) is 19.2. The van der Waals surface area contributed by atoms with Crippen LogP contribution in [-0.4, -0.2) is 33.0 Å². The average Bonchev–Trinajstić information content (AvgIpc) is 3.39. The van der Waals surface area contributed by atoms with Crippen LogP contribution in [0.25, 0.3) is 0 Å². The quantitative estimate of drug-likeness (QED) is 0.157. The number of halogens is 1. The monoisotopic (exact) mass is 661 g/mol. The van der Waals surface area contributed by atoms with Crippen molar-refractivity contribution in [2.45, 2.75) is 58.8 Å². The lowest BCUT2D eigenvalue weighted by Crippen LogP contribution is -2.31. The molecule has 2 N–H and O–H groups in total. The van der Waals surface area contributed by atoms with E-state index < -0.39 is 6.04 Å². The first-order valence-electron chi connectivity index (χ1n) is 14.4. The number of hydrogen-bond donors (Lipinski definition) is 2. The maximum atomic E-state index is 14.0. The van der Waals surface area contributed by atoms with E-state index in [1.165, 1.54) is 0 Å². The van der Waals surface area contributed by atoms with Crippen LogP contribution < -0.4 is 20.1 Å². The van der Waals surface area contributed by atoms with Crippen molar-refractivity contribution in [3.05, 3.63) is 98.7 Å². The lowest BCUT2D eigenvalue weighted by atomic mass is 9.94. The maximum Gasteiger partial charge on any atom is 0.255 e. The second-order valence-corrected chi connectivity index (χ2v) is 12.3. The molecule has 5 rings (SSSR count). The minimum Gasteiger partial charge on any atom is -0.490 e. The van der Waals surface area contributed by atoms with Gasteiger partial charge >= 0.3 is 0 Å². The number of anilines is 2. The van der Waals surface area contributed by atoms with Crippen LogP contribution in [0.4, 0.5) is 11.6 Å². The van der Waals surface area contributed by atoms with Crippen molar-refractivity contribution in [3.63, 3.8) is 0 Å². The molecule has 0 aliphatic carbocycles. The van der Waals surface area contributed by atoms with Gasteiger partial charge in [0.15, 0.2) is 11.5 Å². The van der Waals surface area contributed by atoms with E-state index in [0.717, 1.165) is 44.6 Å². The molecule has 1 aromatic heterocycles. The second-order valence-electron chi connectivity index (χ2n) is 10.3. The molecule has 1 unspecified atom stereocenters. The fourth-order valence-corrected chi connectivity index (χ4v) is 6.06. The Labute approximate surface area is 265 Å². The Morgan fingerprint density at radius 1 is 1.05 bits per heavy atom. The fourth-order valence-electron chi connectivity index (χ4n) is 4.93. The zero-order valence-electron chi connectivity index (χ0n) is 25.0. The van der Waals surface area contributed by atoms with Crippen LogP contribution in [0, 0.1) is 13.8 Å². The van der Waals surface area contributed by atoms with E-state index in [4.69, 9.17) is 19.6 Å². The predicted molar refractivity (Wildman–Crippen MR) is 176 cm³/mol. The third kappa shape index (κ3) is 6.91. The highest BCUT2D eigenvalue weighted by Crippen LogP contribution is 2.40. The number of hydrogen-bond acceptors (Lipinski definition) is 7. The van der Waals surface area contributed by atoms with Gasteiger partial charge in [0, 0.05) is 21.6 Å². The Morgan fingerprint density at radius 3 is 2.63 bits per heavy atom. The van der Waals surface area contributed by atoms with E-state index in [1.54, 1.807) is 16.4 Å². The number of rotatable bonds is 11. The molecule has 1 aliphatic rings. The molecule has 0 saturated carbocycles. The van der Waals surface area contributed by atoms with Crippen LogP contribution >= 0.6 is 27.7 Å². The van der Waals surface area contributed by atoms with Gasteiger partial charge in [-0.3, -0.25) is 4.79 Å². The molecule has 0 saturated heterocycles. The highest BCUT2D eigenvalue weighted by atomic mass is 79.9. The van der Waals surface area contributed by atoms with Gasteiger partial charge in [0.1, 0.15) is 12.6 Å². The van der Waals surface area contributed by atoms with Crippen LogP contribution in [0.1, 0.15) is 55.5 Å². The van der Waals surface area contributed by atoms with E-state index >= 15 is 0 Å². The van der Waals surface area contributed by atoms with Crippen molar-refractivity contribution < 1.29 is 14.3 Å². The third-order valence-electron chi connectivity index (χ3n) is 7.23. The van der Waals surface area contributed by atoms with Gasteiger partial charge in [-0.1, -0.05) is 64.9 Å². The number of carbonyl (C=O) groups excluding carboxylic acids is 1. The minimum absolute atomic E-state index is 0.208. The molecule has 4 aromatic rings. The van der Waals surface area contributed by atoms with Crippen molar-refractivity contribution in [3.8, 4) is 11.5 Å². The molecule has 0 spiro atoms. The van der Waals surface area contributed by atoms with Gasteiger partial charge < -0.3 is 20.1 Å². The zero-order valence-corrected chi connectivity index (χ0v) is 27.4. The molecule has 0 bridgehead atoms. The molecule has 2 heterocycles. The number of nitrogens with zero attached hydrogens (tertiary/aromatic N) is 3. The van der Waals surface area contributed by atoms with Gasteiger partial charge in [0.2, 0.25) is 11.1 Å². The van der Waals surface area contributed by atoms with Gasteiger partial charge in [-0.2, -0.15) is 4.98 Å². The van der Waals surface area contributed by atoms with Crippen molar-refractivity contribution in [2.75, 3.05) is 23.0 Å². The molecule has 0 radical (unpaired) electrons. The van der Waals surface area contributed by atoms with Crippen LogP contribution in [-0.2, 0) is 11.4 Å². The largest absolute Gasteiger partial charge is 0.490 e. The smallest absolute Gasteiger partial charge is 0.255 e. The molecule has 0 fully saturated rings. The summed E-state index contributed by atoms with van der Waals surface area (Å²) in [5.41, 5.74) is 6.05. The molecule has 8 nitrogen and oxygen atoms in total. The molecule has 1 atom stereocenters. The first kappa shape index (κ1) is 30.7. The van der Waals surface area contributed by atoms with Gasteiger partial charge in [-0.25, -0.2) is 4.68 Å². The van der Waals surface area contributed by atoms with Crippen molar-refractivity contribution in [1.82, 2.24) is 14.8 Å². The molecule has 1 amide bonds. The molecular weight excluding hydrogens is 626 g/mol. The molecule has 10 heteroatoms. The lowest BCUT2D eigenvalue weighted by molar-refractivity contribution is -0.113. The number of fused-ring (bicyclic) bond motifs is 1. The minimum atomic E-state index is -0.539.